The standard InChI is InChI=1S/C15H20IN5/c1-10-5-6-12(11(16)9-10)21-14(18)19-13(17)20-15(21)7-3-2-4-8-15/h5-6,9H,2-4,7-8H2,1H3,(H4,17,18,19,20). The molecule has 1 spiro atoms. The average Bonchev–Trinajstić information content (AvgIpc) is 2.41. The van der Waals surface area contributed by atoms with E-state index >= 15 is 0 Å². The second kappa shape index (κ2) is 5.47. The van der Waals surface area contributed by atoms with Crippen molar-refractivity contribution in [3.8, 4) is 0 Å². The van der Waals surface area contributed by atoms with Gasteiger partial charge < -0.3 is 11.5 Å². The lowest BCUT2D eigenvalue weighted by Crippen LogP contribution is -2.58. The maximum Gasteiger partial charge on any atom is 0.220 e. The summed E-state index contributed by atoms with van der Waals surface area (Å²) in [6.45, 7) is 2.09. The van der Waals surface area contributed by atoms with Crippen molar-refractivity contribution in [1.82, 2.24) is 0 Å². The molecule has 1 fully saturated rings. The highest BCUT2D eigenvalue weighted by Crippen LogP contribution is 2.40. The van der Waals surface area contributed by atoms with Crippen molar-refractivity contribution >= 4 is 40.2 Å². The van der Waals surface area contributed by atoms with Crippen LogP contribution in [0.25, 0.3) is 0 Å². The first kappa shape index (κ1) is 14.6. The largest absolute Gasteiger partial charge is 0.369 e. The maximum absolute atomic E-state index is 6.23. The number of benzene rings is 1. The molecule has 1 saturated carbocycles. The molecule has 3 rings (SSSR count). The van der Waals surface area contributed by atoms with Crippen LogP contribution < -0.4 is 16.4 Å². The van der Waals surface area contributed by atoms with E-state index in [4.69, 9.17) is 16.5 Å². The van der Waals surface area contributed by atoms with Gasteiger partial charge in [-0.3, -0.25) is 4.90 Å². The molecule has 0 aromatic heterocycles. The quantitative estimate of drug-likeness (QED) is 0.716. The van der Waals surface area contributed by atoms with Gasteiger partial charge in [0.2, 0.25) is 11.9 Å². The molecule has 1 aliphatic carbocycles. The zero-order valence-corrected chi connectivity index (χ0v) is 14.3. The highest BCUT2D eigenvalue weighted by Gasteiger charge is 2.43. The molecule has 0 unspecified atom stereocenters. The van der Waals surface area contributed by atoms with Crippen molar-refractivity contribution in [1.29, 1.82) is 0 Å². The van der Waals surface area contributed by atoms with Crippen LogP contribution in [0.15, 0.2) is 28.2 Å². The molecule has 0 radical (unpaired) electrons. The van der Waals surface area contributed by atoms with E-state index in [1.807, 2.05) is 0 Å². The maximum atomic E-state index is 6.23. The molecule has 1 aromatic rings. The third-order valence-corrected chi connectivity index (χ3v) is 5.06. The molecule has 0 bridgehead atoms. The Hall–Kier alpha value is -1.31. The number of nitrogens with two attached hydrogens (primary N) is 2. The van der Waals surface area contributed by atoms with E-state index in [0.29, 0.717) is 11.9 Å². The summed E-state index contributed by atoms with van der Waals surface area (Å²) in [5.74, 6) is 0.749. The van der Waals surface area contributed by atoms with Gasteiger partial charge in [0.05, 0.1) is 5.69 Å². The number of aliphatic imine (C=N–C) groups is 2. The summed E-state index contributed by atoms with van der Waals surface area (Å²) in [4.78, 5) is 11.0. The van der Waals surface area contributed by atoms with Gasteiger partial charge in [0.25, 0.3) is 0 Å². The number of hydrogen-bond donors (Lipinski definition) is 2. The predicted molar refractivity (Wildman–Crippen MR) is 95.4 cm³/mol. The van der Waals surface area contributed by atoms with Gasteiger partial charge in [-0.15, -0.1) is 0 Å². The number of guanidine groups is 2. The molecule has 4 N–H and O–H groups in total. The minimum Gasteiger partial charge on any atom is -0.369 e. The van der Waals surface area contributed by atoms with Gasteiger partial charge in [0, 0.05) is 3.57 Å². The Balaban J connectivity index is 2.10. The number of rotatable bonds is 1. The second-order valence-corrected chi connectivity index (χ2v) is 6.94. The van der Waals surface area contributed by atoms with Crippen LogP contribution in [0.5, 0.6) is 0 Å². The van der Waals surface area contributed by atoms with Crippen LogP contribution in [0.1, 0.15) is 37.7 Å². The smallest absolute Gasteiger partial charge is 0.220 e. The van der Waals surface area contributed by atoms with E-state index < -0.39 is 0 Å². The molecule has 5 nitrogen and oxygen atoms in total. The lowest BCUT2D eigenvalue weighted by atomic mass is 9.87. The van der Waals surface area contributed by atoms with E-state index in [-0.39, 0.29) is 5.66 Å². The van der Waals surface area contributed by atoms with Gasteiger partial charge in [-0.1, -0.05) is 12.5 Å². The Kier molecular flexibility index (Phi) is 3.81. The fourth-order valence-electron chi connectivity index (χ4n) is 3.26. The second-order valence-electron chi connectivity index (χ2n) is 5.77. The number of aryl methyl sites for hydroxylation is 1. The van der Waals surface area contributed by atoms with Gasteiger partial charge in [-0.05, 0) is 72.9 Å². The molecule has 1 heterocycles. The Morgan fingerprint density at radius 3 is 2.57 bits per heavy atom. The average molecular weight is 397 g/mol. The van der Waals surface area contributed by atoms with E-state index in [0.717, 1.165) is 34.9 Å². The Morgan fingerprint density at radius 1 is 1.19 bits per heavy atom. The van der Waals surface area contributed by atoms with Crippen LogP contribution in [0.4, 0.5) is 5.69 Å². The molecular weight excluding hydrogens is 377 g/mol. The predicted octanol–water partition coefficient (Wildman–Crippen LogP) is 2.71. The minimum atomic E-state index is -0.358. The zero-order valence-electron chi connectivity index (χ0n) is 12.1. The van der Waals surface area contributed by atoms with Crippen LogP contribution >= 0.6 is 22.6 Å². The third kappa shape index (κ3) is 2.61. The first-order valence-electron chi connectivity index (χ1n) is 7.28. The zero-order chi connectivity index (χ0) is 15.0. The van der Waals surface area contributed by atoms with Gasteiger partial charge in [0.15, 0.2) is 0 Å². The Labute approximate surface area is 138 Å². The minimum absolute atomic E-state index is 0.299. The van der Waals surface area contributed by atoms with Crippen LogP contribution in [-0.2, 0) is 0 Å². The van der Waals surface area contributed by atoms with Gasteiger partial charge >= 0.3 is 0 Å². The molecule has 112 valence electrons. The van der Waals surface area contributed by atoms with E-state index in [9.17, 15) is 0 Å². The third-order valence-electron chi connectivity index (χ3n) is 4.20. The first-order valence-corrected chi connectivity index (χ1v) is 8.36. The lowest BCUT2D eigenvalue weighted by Gasteiger charge is -2.46. The van der Waals surface area contributed by atoms with Crippen molar-refractivity contribution in [2.45, 2.75) is 44.7 Å². The summed E-state index contributed by atoms with van der Waals surface area (Å²) in [6.07, 6.45) is 5.46. The molecule has 6 heteroatoms. The summed E-state index contributed by atoms with van der Waals surface area (Å²) >= 11 is 2.35. The summed E-state index contributed by atoms with van der Waals surface area (Å²) in [5, 5.41) is 0. The van der Waals surface area contributed by atoms with E-state index in [2.05, 4.69) is 57.6 Å². The highest BCUT2D eigenvalue weighted by molar-refractivity contribution is 14.1. The fourth-order valence-corrected chi connectivity index (χ4v) is 4.18. The topological polar surface area (TPSA) is 80.0 Å². The molecule has 2 aliphatic rings. The van der Waals surface area contributed by atoms with E-state index in [1.54, 1.807) is 0 Å². The van der Waals surface area contributed by atoms with Crippen molar-refractivity contribution in [2.75, 3.05) is 4.90 Å². The number of nitrogens with zero attached hydrogens (tertiary/aromatic N) is 3. The Morgan fingerprint density at radius 2 is 1.90 bits per heavy atom. The van der Waals surface area contributed by atoms with Crippen molar-refractivity contribution < 1.29 is 0 Å². The van der Waals surface area contributed by atoms with Crippen LogP contribution in [-0.4, -0.2) is 17.6 Å². The van der Waals surface area contributed by atoms with Gasteiger partial charge in [0.1, 0.15) is 5.66 Å². The monoisotopic (exact) mass is 397 g/mol. The lowest BCUT2D eigenvalue weighted by molar-refractivity contribution is 0.305. The Bertz CT molecular complexity index is 616. The van der Waals surface area contributed by atoms with Crippen LogP contribution in [0.2, 0.25) is 0 Å². The number of anilines is 1. The van der Waals surface area contributed by atoms with Crippen molar-refractivity contribution in [3.05, 3.63) is 27.3 Å². The number of hydrogen-bond acceptors (Lipinski definition) is 5. The SMILES string of the molecule is Cc1ccc(N2C(N)=NC(N)=NC23CCCCC3)c(I)c1. The first-order chi connectivity index (χ1) is 10.0. The number of halogens is 1. The molecule has 21 heavy (non-hydrogen) atoms. The van der Waals surface area contributed by atoms with Crippen LogP contribution in [0.3, 0.4) is 0 Å². The van der Waals surface area contributed by atoms with Crippen LogP contribution in [0, 0.1) is 10.5 Å². The van der Waals surface area contributed by atoms with E-state index in [1.165, 1.54) is 12.0 Å². The normalized spacial score (nSPS) is 21.1. The van der Waals surface area contributed by atoms with Crippen molar-refractivity contribution in [3.63, 3.8) is 0 Å². The van der Waals surface area contributed by atoms with Crippen molar-refractivity contribution in [2.24, 2.45) is 21.5 Å². The van der Waals surface area contributed by atoms with Gasteiger partial charge in [-0.25, -0.2) is 4.99 Å². The summed E-state index contributed by atoms with van der Waals surface area (Å²) < 4.78 is 1.16. The fraction of sp³-hybridized carbons (Fsp3) is 0.467. The highest BCUT2D eigenvalue weighted by atomic mass is 127. The summed E-state index contributed by atoms with van der Waals surface area (Å²) in [5.41, 5.74) is 14.1. The molecule has 1 aliphatic heterocycles. The van der Waals surface area contributed by atoms with Gasteiger partial charge in [-0.2, -0.15) is 4.99 Å². The molecule has 0 amide bonds. The molecule has 0 saturated heterocycles. The molecule has 1 aromatic carbocycles. The summed E-state index contributed by atoms with van der Waals surface area (Å²) in [6, 6.07) is 6.36. The molecular formula is C15H20IN5. The summed E-state index contributed by atoms with van der Waals surface area (Å²) in [7, 11) is 0. The molecule has 0 atom stereocenters.